The Morgan fingerprint density at radius 1 is 1.12 bits per heavy atom. The van der Waals surface area contributed by atoms with Crippen molar-refractivity contribution < 1.29 is 4.42 Å². The van der Waals surface area contributed by atoms with Gasteiger partial charge in [-0.2, -0.15) is 0 Å². The van der Waals surface area contributed by atoms with Crippen LogP contribution in [0.25, 0.3) is 33.4 Å². The van der Waals surface area contributed by atoms with Crippen molar-refractivity contribution in [1.82, 2.24) is 0 Å². The molecule has 132 valence electrons. The van der Waals surface area contributed by atoms with Crippen molar-refractivity contribution in [2.75, 3.05) is 0 Å². The molecule has 1 aliphatic rings. The second kappa shape index (κ2) is 6.02. The summed E-state index contributed by atoms with van der Waals surface area (Å²) in [6, 6.07) is 4.62. The van der Waals surface area contributed by atoms with Crippen LogP contribution in [0, 0.1) is 20.8 Å². The largest absolute Gasteiger partial charge is 0.461 e. The molecule has 0 unspecified atom stereocenters. The number of aryl methyl sites for hydroxylation is 3. The highest BCUT2D eigenvalue weighted by molar-refractivity contribution is 6.15. The molecule has 0 N–H and O–H groups in total. The molecular weight excluding hydrogens is 316 g/mol. The van der Waals surface area contributed by atoms with Crippen molar-refractivity contribution in [3.8, 4) is 0 Å². The summed E-state index contributed by atoms with van der Waals surface area (Å²) in [5.74, 6) is 1.02. The van der Waals surface area contributed by atoms with E-state index in [1.807, 2.05) is 6.08 Å². The van der Waals surface area contributed by atoms with Gasteiger partial charge in [-0.15, -0.1) is 0 Å². The van der Waals surface area contributed by atoms with E-state index >= 15 is 0 Å². The summed E-state index contributed by atoms with van der Waals surface area (Å²) in [7, 11) is 0. The zero-order valence-electron chi connectivity index (χ0n) is 16.4. The lowest BCUT2D eigenvalue weighted by Crippen LogP contribution is -1.94. The van der Waals surface area contributed by atoms with Gasteiger partial charge in [0.1, 0.15) is 11.3 Å². The van der Waals surface area contributed by atoms with Gasteiger partial charge in [-0.3, -0.25) is 0 Å². The summed E-state index contributed by atoms with van der Waals surface area (Å²) in [4.78, 5) is 0. The van der Waals surface area contributed by atoms with Crippen LogP contribution in [0.4, 0.5) is 0 Å². The first-order valence-electron chi connectivity index (χ1n) is 9.48. The van der Waals surface area contributed by atoms with Crippen LogP contribution < -0.4 is 0 Å². The maximum absolute atomic E-state index is 6.22. The predicted octanol–water partition coefficient (Wildman–Crippen LogP) is 7.45. The quantitative estimate of drug-likeness (QED) is 0.482. The molecular formula is C25H26O. The van der Waals surface area contributed by atoms with E-state index in [9.17, 15) is 0 Å². The Bertz CT molecular complexity index is 1130. The minimum Gasteiger partial charge on any atom is -0.461 e. The van der Waals surface area contributed by atoms with Gasteiger partial charge in [0.05, 0.1) is 0 Å². The lowest BCUT2D eigenvalue weighted by molar-refractivity contribution is 0.573. The van der Waals surface area contributed by atoms with Gasteiger partial charge < -0.3 is 4.42 Å². The average molecular weight is 342 g/mol. The third kappa shape index (κ3) is 2.10. The summed E-state index contributed by atoms with van der Waals surface area (Å²) in [6.45, 7) is 14.8. The highest BCUT2D eigenvalue weighted by Crippen LogP contribution is 2.45. The molecule has 0 fully saturated rings. The lowest BCUT2D eigenvalue weighted by Gasteiger charge is -2.14. The molecule has 4 rings (SSSR count). The van der Waals surface area contributed by atoms with E-state index < -0.39 is 0 Å². The number of allylic oxidation sites excluding steroid dienone is 4. The molecule has 0 saturated carbocycles. The van der Waals surface area contributed by atoms with Gasteiger partial charge in [0, 0.05) is 10.9 Å². The minimum absolute atomic E-state index is 0.969. The van der Waals surface area contributed by atoms with Crippen LogP contribution in [-0.2, 0) is 6.42 Å². The molecule has 26 heavy (non-hydrogen) atoms. The van der Waals surface area contributed by atoms with Crippen LogP contribution in [0.3, 0.4) is 0 Å². The summed E-state index contributed by atoms with van der Waals surface area (Å²) in [5, 5.41) is 3.99. The number of benzene rings is 2. The monoisotopic (exact) mass is 342 g/mol. The normalized spacial score (nSPS) is 14.2. The maximum atomic E-state index is 6.22. The molecule has 0 radical (unpaired) electrons. The van der Waals surface area contributed by atoms with Crippen LogP contribution in [0.15, 0.2) is 40.9 Å². The molecule has 0 aliphatic heterocycles. The van der Waals surface area contributed by atoms with Gasteiger partial charge in [0.2, 0.25) is 0 Å². The molecule has 1 nitrogen and oxygen atoms in total. The molecule has 0 atom stereocenters. The summed E-state index contributed by atoms with van der Waals surface area (Å²) in [5.41, 5.74) is 10.4. The Hall–Kier alpha value is -2.54. The van der Waals surface area contributed by atoms with E-state index in [0.29, 0.717) is 0 Å². The van der Waals surface area contributed by atoms with Crippen molar-refractivity contribution in [2.45, 2.75) is 47.5 Å². The molecule has 1 heteroatoms. The highest BCUT2D eigenvalue weighted by Gasteiger charge is 2.25. The number of hydrogen-bond donors (Lipinski definition) is 0. The Kier molecular flexibility index (Phi) is 3.91. The molecule has 0 spiro atoms. The first kappa shape index (κ1) is 16.9. The highest BCUT2D eigenvalue weighted by atomic mass is 16.3. The number of hydrogen-bond acceptors (Lipinski definition) is 1. The Morgan fingerprint density at radius 2 is 1.88 bits per heavy atom. The first-order chi connectivity index (χ1) is 12.5. The molecule has 1 heterocycles. The predicted molar refractivity (Wildman–Crippen MR) is 114 cm³/mol. The standard InChI is InChI=1S/C25H26O/c1-7-10-19-15(5)25-23(14(4)16(6)26-25)24-21(19)12-11-20-18(9-3)17(8-2)13-22(20)24/h7-8,10-12H,2,9,13H2,1,3-6H3/b10-7-. The van der Waals surface area contributed by atoms with E-state index in [1.54, 1.807) is 0 Å². The molecule has 3 aromatic rings. The Morgan fingerprint density at radius 3 is 2.54 bits per heavy atom. The number of rotatable bonds is 3. The zero-order valence-corrected chi connectivity index (χ0v) is 16.4. The number of fused-ring (bicyclic) bond motifs is 5. The van der Waals surface area contributed by atoms with Crippen LogP contribution in [0.5, 0.6) is 0 Å². The minimum atomic E-state index is 0.969. The molecule has 0 amide bonds. The van der Waals surface area contributed by atoms with Crippen LogP contribution in [0.2, 0.25) is 0 Å². The van der Waals surface area contributed by atoms with Gasteiger partial charge in [-0.05, 0) is 84.7 Å². The van der Waals surface area contributed by atoms with E-state index in [0.717, 1.165) is 24.2 Å². The average Bonchev–Trinajstić information content (AvgIpc) is 3.15. The van der Waals surface area contributed by atoms with Crippen LogP contribution in [-0.4, -0.2) is 0 Å². The fourth-order valence-corrected chi connectivity index (χ4v) is 4.61. The van der Waals surface area contributed by atoms with Crippen molar-refractivity contribution in [1.29, 1.82) is 0 Å². The van der Waals surface area contributed by atoms with E-state index in [1.165, 1.54) is 55.1 Å². The second-order valence-corrected chi connectivity index (χ2v) is 7.28. The van der Waals surface area contributed by atoms with Gasteiger partial charge >= 0.3 is 0 Å². The molecule has 1 aromatic heterocycles. The molecule has 1 aliphatic carbocycles. The van der Waals surface area contributed by atoms with Crippen molar-refractivity contribution >= 4 is 33.4 Å². The van der Waals surface area contributed by atoms with Crippen molar-refractivity contribution in [3.05, 3.63) is 70.0 Å². The smallest absolute Gasteiger partial charge is 0.138 e. The fraction of sp³-hybridized carbons (Fsp3) is 0.280. The second-order valence-electron chi connectivity index (χ2n) is 7.28. The molecule has 0 saturated heterocycles. The topological polar surface area (TPSA) is 13.1 Å². The van der Waals surface area contributed by atoms with Gasteiger partial charge in [-0.25, -0.2) is 0 Å². The third-order valence-corrected chi connectivity index (χ3v) is 6.00. The van der Waals surface area contributed by atoms with Crippen LogP contribution >= 0.6 is 0 Å². The first-order valence-corrected chi connectivity index (χ1v) is 9.48. The van der Waals surface area contributed by atoms with E-state index in [-0.39, 0.29) is 0 Å². The molecule has 2 aromatic carbocycles. The van der Waals surface area contributed by atoms with E-state index in [4.69, 9.17) is 4.42 Å². The van der Waals surface area contributed by atoms with Crippen molar-refractivity contribution in [3.63, 3.8) is 0 Å². The van der Waals surface area contributed by atoms with Crippen LogP contribution in [0.1, 0.15) is 53.8 Å². The zero-order chi connectivity index (χ0) is 18.6. The lowest BCUT2D eigenvalue weighted by atomic mass is 9.89. The fourth-order valence-electron chi connectivity index (χ4n) is 4.61. The SMILES string of the molecule is C=CC1=C(CC)c2ccc3c(/C=C\C)c(C)c4oc(C)c(C)c4c3c2C1. The Labute approximate surface area is 155 Å². The van der Waals surface area contributed by atoms with Gasteiger partial charge in [0.25, 0.3) is 0 Å². The van der Waals surface area contributed by atoms with Gasteiger partial charge in [0.15, 0.2) is 0 Å². The summed E-state index contributed by atoms with van der Waals surface area (Å²) < 4.78 is 6.22. The summed E-state index contributed by atoms with van der Waals surface area (Å²) >= 11 is 0. The molecule has 0 bridgehead atoms. The maximum Gasteiger partial charge on any atom is 0.138 e. The van der Waals surface area contributed by atoms with Crippen molar-refractivity contribution in [2.24, 2.45) is 0 Å². The van der Waals surface area contributed by atoms with Gasteiger partial charge in [-0.1, -0.05) is 43.9 Å². The van der Waals surface area contributed by atoms with E-state index in [2.05, 4.69) is 65.5 Å². The third-order valence-electron chi connectivity index (χ3n) is 6.00. The Balaban J connectivity index is 2.24. The summed E-state index contributed by atoms with van der Waals surface area (Å²) in [6.07, 6.45) is 8.38. The number of furan rings is 1.